The maximum absolute atomic E-state index is 13.1. The summed E-state index contributed by atoms with van der Waals surface area (Å²) in [5, 5.41) is 0. The van der Waals surface area contributed by atoms with E-state index in [1.165, 1.54) is 0 Å². The van der Waals surface area contributed by atoms with Gasteiger partial charge in [-0.2, -0.15) is 0 Å². The highest BCUT2D eigenvalue weighted by atomic mass is 16.6. The minimum atomic E-state index is -0.384. The van der Waals surface area contributed by atoms with Crippen LogP contribution in [0.5, 0.6) is 5.75 Å². The van der Waals surface area contributed by atoms with Gasteiger partial charge < -0.3 is 9.47 Å². The van der Waals surface area contributed by atoms with E-state index in [0.717, 1.165) is 37.7 Å². The molecule has 29 heavy (non-hydrogen) atoms. The molecule has 0 heterocycles. The van der Waals surface area contributed by atoms with Gasteiger partial charge >= 0.3 is 5.97 Å². The van der Waals surface area contributed by atoms with Crippen molar-refractivity contribution in [1.29, 1.82) is 0 Å². The smallest absolute Gasteiger partial charge is 0.342 e. The van der Waals surface area contributed by atoms with Crippen molar-refractivity contribution in [2.45, 2.75) is 92.1 Å². The molecule has 160 valence electrons. The molecular weight excluding hydrogens is 360 g/mol. The van der Waals surface area contributed by atoms with E-state index in [2.05, 4.69) is 53.5 Å². The van der Waals surface area contributed by atoms with Crippen molar-refractivity contribution in [3.8, 4) is 18.1 Å². The third-order valence-electron chi connectivity index (χ3n) is 5.80. The van der Waals surface area contributed by atoms with Gasteiger partial charge in [0.1, 0.15) is 23.5 Å². The lowest BCUT2D eigenvalue weighted by molar-refractivity contribution is -0.00641. The van der Waals surface area contributed by atoms with Crippen LogP contribution in [0.3, 0.4) is 0 Å². The highest BCUT2D eigenvalue weighted by Gasteiger charge is 2.35. The van der Waals surface area contributed by atoms with Gasteiger partial charge in [0.15, 0.2) is 0 Å². The van der Waals surface area contributed by atoms with E-state index in [1.54, 1.807) is 0 Å². The molecule has 0 bridgehead atoms. The van der Waals surface area contributed by atoms with Gasteiger partial charge in [-0.1, -0.05) is 53.5 Å². The third-order valence-corrected chi connectivity index (χ3v) is 5.80. The number of carbonyl (C=O) groups excluding carboxylic acids is 1. The topological polar surface area (TPSA) is 35.5 Å². The molecule has 1 aromatic carbocycles. The summed E-state index contributed by atoms with van der Waals surface area (Å²) < 4.78 is 11.6. The molecule has 1 aliphatic carbocycles. The monoisotopic (exact) mass is 398 g/mol. The number of ether oxygens (including phenoxy) is 2. The van der Waals surface area contributed by atoms with Crippen molar-refractivity contribution in [3.05, 3.63) is 29.3 Å². The normalized spacial score (nSPS) is 17.4. The third kappa shape index (κ3) is 6.53. The quantitative estimate of drug-likeness (QED) is 0.392. The van der Waals surface area contributed by atoms with E-state index in [1.807, 2.05) is 19.1 Å². The Morgan fingerprint density at radius 2 is 1.79 bits per heavy atom. The zero-order valence-electron chi connectivity index (χ0n) is 19.4. The molecule has 1 aliphatic rings. The van der Waals surface area contributed by atoms with Crippen LogP contribution in [0.15, 0.2) is 18.2 Å². The molecule has 0 N–H and O–H groups in total. The lowest BCUT2D eigenvalue weighted by Gasteiger charge is -2.36. The second kappa shape index (κ2) is 8.82. The summed E-state index contributed by atoms with van der Waals surface area (Å²) in [6.45, 7) is 15.7. The zero-order chi connectivity index (χ0) is 21.9. The Morgan fingerprint density at radius 1 is 1.17 bits per heavy atom. The first kappa shape index (κ1) is 23.3. The first-order valence-electron chi connectivity index (χ1n) is 10.8. The molecule has 1 atom stereocenters. The second-order valence-corrected chi connectivity index (χ2v) is 11.0. The number of hydrogen-bond acceptors (Lipinski definition) is 3. The van der Waals surface area contributed by atoms with Crippen LogP contribution in [0, 0.1) is 23.2 Å². The SMILES string of the molecule is C#CCOc1ccc(C(CC(C)(C)C)C(C)(C)C)cc1C(=O)OC1(C)CCCC1. The molecule has 3 heteroatoms. The number of esters is 1. The van der Waals surface area contributed by atoms with Gasteiger partial charge in [-0.3, -0.25) is 0 Å². The average Bonchev–Trinajstić information content (AvgIpc) is 3.02. The molecule has 0 spiro atoms. The molecule has 0 amide bonds. The number of rotatable bonds is 6. The summed E-state index contributed by atoms with van der Waals surface area (Å²) in [6, 6.07) is 5.91. The van der Waals surface area contributed by atoms with Crippen LogP contribution in [-0.4, -0.2) is 18.2 Å². The van der Waals surface area contributed by atoms with E-state index >= 15 is 0 Å². The molecule has 3 nitrogen and oxygen atoms in total. The van der Waals surface area contributed by atoms with Crippen LogP contribution >= 0.6 is 0 Å². The summed E-state index contributed by atoms with van der Waals surface area (Å²) in [6.07, 6.45) is 10.4. The fraction of sp³-hybridized carbons (Fsp3) is 0.654. The molecular formula is C26H38O3. The highest BCUT2D eigenvalue weighted by Crippen LogP contribution is 2.44. The Morgan fingerprint density at radius 3 is 2.31 bits per heavy atom. The van der Waals surface area contributed by atoms with Crippen molar-refractivity contribution in [1.82, 2.24) is 0 Å². The van der Waals surface area contributed by atoms with Gasteiger partial charge in [-0.25, -0.2) is 4.79 Å². The lowest BCUT2D eigenvalue weighted by atomic mass is 9.69. The number of hydrogen-bond donors (Lipinski definition) is 0. The molecule has 2 rings (SSSR count). The maximum Gasteiger partial charge on any atom is 0.342 e. The Kier molecular flexibility index (Phi) is 7.10. The standard InChI is InChI=1S/C26H38O3/c1-9-16-28-22-13-12-19(21(25(5,6)7)18-24(2,3)4)17-20(22)23(27)29-26(8)14-10-11-15-26/h1,12-13,17,21H,10-11,14-16,18H2,2-8H3. The highest BCUT2D eigenvalue weighted by molar-refractivity contribution is 5.93. The first-order valence-corrected chi connectivity index (χ1v) is 10.8. The Balaban J connectivity index is 2.43. The lowest BCUT2D eigenvalue weighted by Crippen LogP contribution is -2.29. The average molecular weight is 399 g/mol. The molecule has 0 aromatic heterocycles. The molecule has 1 unspecified atom stereocenters. The van der Waals surface area contributed by atoms with Gasteiger partial charge in [0, 0.05) is 0 Å². The van der Waals surface area contributed by atoms with Crippen LogP contribution < -0.4 is 4.74 Å². The van der Waals surface area contributed by atoms with Crippen molar-refractivity contribution < 1.29 is 14.3 Å². The Labute approximate surface area is 177 Å². The number of benzene rings is 1. The summed E-state index contributed by atoms with van der Waals surface area (Å²) in [5.41, 5.74) is 1.48. The Hall–Kier alpha value is -1.95. The van der Waals surface area contributed by atoms with E-state index < -0.39 is 0 Å². The van der Waals surface area contributed by atoms with Crippen molar-refractivity contribution in [2.24, 2.45) is 10.8 Å². The molecule has 0 saturated heterocycles. The minimum Gasteiger partial charge on any atom is -0.480 e. The molecule has 0 radical (unpaired) electrons. The fourth-order valence-electron chi connectivity index (χ4n) is 4.21. The van der Waals surface area contributed by atoms with Crippen LogP contribution in [0.25, 0.3) is 0 Å². The predicted octanol–water partition coefficient (Wildman–Crippen LogP) is 6.75. The Bertz CT molecular complexity index is 750. The van der Waals surface area contributed by atoms with Crippen LogP contribution in [0.4, 0.5) is 0 Å². The summed E-state index contributed by atoms with van der Waals surface area (Å²) in [5.74, 6) is 2.97. The first-order chi connectivity index (χ1) is 13.3. The van der Waals surface area contributed by atoms with Gasteiger partial charge in [0.2, 0.25) is 0 Å². The zero-order valence-corrected chi connectivity index (χ0v) is 19.4. The van der Waals surface area contributed by atoms with Crippen molar-refractivity contribution >= 4 is 5.97 Å². The van der Waals surface area contributed by atoms with Crippen LogP contribution in [0.1, 0.15) is 102 Å². The summed E-state index contributed by atoms with van der Waals surface area (Å²) in [4.78, 5) is 13.1. The van der Waals surface area contributed by atoms with Crippen molar-refractivity contribution in [3.63, 3.8) is 0 Å². The van der Waals surface area contributed by atoms with E-state index in [0.29, 0.717) is 17.2 Å². The van der Waals surface area contributed by atoms with E-state index in [9.17, 15) is 4.79 Å². The number of terminal acetylenes is 1. The molecule has 1 aromatic rings. The van der Waals surface area contributed by atoms with Crippen LogP contribution in [0.2, 0.25) is 0 Å². The van der Waals surface area contributed by atoms with Gasteiger partial charge in [0.05, 0.1) is 0 Å². The predicted molar refractivity (Wildman–Crippen MR) is 119 cm³/mol. The largest absolute Gasteiger partial charge is 0.480 e. The maximum atomic E-state index is 13.1. The molecule has 0 aliphatic heterocycles. The minimum absolute atomic E-state index is 0.0626. The van der Waals surface area contributed by atoms with Crippen LogP contribution in [-0.2, 0) is 4.74 Å². The summed E-state index contributed by atoms with van der Waals surface area (Å²) >= 11 is 0. The van der Waals surface area contributed by atoms with E-state index in [4.69, 9.17) is 15.9 Å². The van der Waals surface area contributed by atoms with Gasteiger partial charge in [0.25, 0.3) is 0 Å². The molecule has 1 saturated carbocycles. The fourth-order valence-corrected chi connectivity index (χ4v) is 4.21. The second-order valence-electron chi connectivity index (χ2n) is 11.0. The van der Waals surface area contributed by atoms with Gasteiger partial charge in [-0.15, -0.1) is 6.42 Å². The summed E-state index contributed by atoms with van der Waals surface area (Å²) in [7, 11) is 0. The van der Waals surface area contributed by atoms with E-state index in [-0.39, 0.29) is 29.0 Å². The van der Waals surface area contributed by atoms with Crippen molar-refractivity contribution in [2.75, 3.05) is 6.61 Å². The molecule has 1 fully saturated rings. The number of carbonyl (C=O) groups is 1. The van der Waals surface area contributed by atoms with Gasteiger partial charge in [-0.05, 0) is 73.5 Å².